The molecule has 0 saturated carbocycles. The summed E-state index contributed by atoms with van der Waals surface area (Å²) in [5.41, 5.74) is 0. The maximum atomic E-state index is 8.43. The lowest BCUT2D eigenvalue weighted by atomic mass is 10.6. The van der Waals surface area contributed by atoms with Gasteiger partial charge in [-0.15, -0.1) is 0 Å². The predicted octanol–water partition coefficient (Wildman–Crippen LogP) is -0.679. The molecule has 4 nitrogen and oxygen atoms in total. The first kappa shape index (κ1) is 9.22. The van der Waals surface area contributed by atoms with E-state index in [0.717, 1.165) is 6.54 Å². The van der Waals surface area contributed by atoms with Gasteiger partial charge < -0.3 is 9.84 Å². The van der Waals surface area contributed by atoms with Crippen molar-refractivity contribution < 1.29 is 14.4 Å². The Bertz CT molecular complexity index is 223. The van der Waals surface area contributed by atoms with E-state index in [2.05, 4.69) is 0 Å². The molecule has 0 aromatic carbocycles. The van der Waals surface area contributed by atoms with Crippen molar-refractivity contribution in [1.82, 2.24) is 4.57 Å². The number of aromatic nitrogens is 2. The predicted molar refractivity (Wildman–Crippen MR) is 43.5 cm³/mol. The van der Waals surface area contributed by atoms with E-state index in [4.69, 9.17) is 9.84 Å². The van der Waals surface area contributed by atoms with Crippen LogP contribution in [0.4, 0.5) is 0 Å². The Labute approximate surface area is 72.0 Å². The lowest BCUT2D eigenvalue weighted by molar-refractivity contribution is -0.697. The Morgan fingerprint density at radius 1 is 1.50 bits per heavy atom. The first-order valence-corrected chi connectivity index (χ1v) is 4.02. The molecular weight excluding hydrogens is 156 g/mol. The largest absolute Gasteiger partial charge is 0.394 e. The van der Waals surface area contributed by atoms with Crippen LogP contribution in [0, 0.1) is 0 Å². The maximum Gasteiger partial charge on any atom is 0.243 e. The van der Waals surface area contributed by atoms with Crippen LogP contribution < -0.4 is 4.57 Å². The zero-order valence-electron chi connectivity index (χ0n) is 7.31. The minimum Gasteiger partial charge on any atom is -0.394 e. The number of nitrogens with zero attached hydrogens (tertiary/aromatic N) is 2. The number of imidazole rings is 1. The summed E-state index contributed by atoms with van der Waals surface area (Å²) in [4.78, 5) is 0. The zero-order chi connectivity index (χ0) is 8.81. The molecule has 0 unspecified atom stereocenters. The van der Waals surface area contributed by atoms with E-state index < -0.39 is 0 Å². The van der Waals surface area contributed by atoms with Crippen molar-refractivity contribution in [1.29, 1.82) is 0 Å². The van der Waals surface area contributed by atoms with Crippen LogP contribution in [0.3, 0.4) is 0 Å². The van der Waals surface area contributed by atoms with Gasteiger partial charge in [0.25, 0.3) is 0 Å². The monoisotopic (exact) mass is 171 g/mol. The molecule has 1 N–H and O–H groups in total. The number of rotatable bonds is 5. The first-order valence-electron chi connectivity index (χ1n) is 4.02. The summed E-state index contributed by atoms with van der Waals surface area (Å²) in [5.74, 6) is 0. The summed E-state index contributed by atoms with van der Waals surface area (Å²) in [5, 5.41) is 8.43. The Balaban J connectivity index is 2.15. The summed E-state index contributed by atoms with van der Waals surface area (Å²) >= 11 is 0. The first-order chi connectivity index (χ1) is 5.83. The van der Waals surface area contributed by atoms with Crippen molar-refractivity contribution in [2.24, 2.45) is 7.05 Å². The molecule has 1 heterocycles. The topological polar surface area (TPSA) is 38.3 Å². The molecule has 0 aliphatic heterocycles. The molecule has 0 amide bonds. The van der Waals surface area contributed by atoms with E-state index >= 15 is 0 Å². The van der Waals surface area contributed by atoms with Crippen molar-refractivity contribution in [3.8, 4) is 0 Å². The van der Waals surface area contributed by atoms with E-state index in [1.807, 2.05) is 34.9 Å². The Kier molecular flexibility index (Phi) is 3.76. The lowest BCUT2D eigenvalue weighted by Gasteiger charge is -1.98. The molecule has 0 saturated heterocycles. The second-order valence-corrected chi connectivity index (χ2v) is 2.65. The van der Waals surface area contributed by atoms with Gasteiger partial charge >= 0.3 is 0 Å². The third-order valence-electron chi connectivity index (χ3n) is 1.55. The van der Waals surface area contributed by atoms with Crippen LogP contribution in [0.1, 0.15) is 0 Å². The van der Waals surface area contributed by atoms with Gasteiger partial charge in [-0.1, -0.05) is 0 Å². The number of aliphatic hydroxyl groups excluding tert-OH is 1. The summed E-state index contributed by atoms with van der Waals surface area (Å²) in [6.07, 6.45) is 5.96. The van der Waals surface area contributed by atoms with Gasteiger partial charge in [-0.2, -0.15) is 0 Å². The highest BCUT2D eigenvalue weighted by Gasteiger charge is 1.98. The summed E-state index contributed by atoms with van der Waals surface area (Å²) in [6, 6.07) is 0. The van der Waals surface area contributed by atoms with Crippen LogP contribution in [0.15, 0.2) is 18.7 Å². The molecule has 0 aliphatic carbocycles. The molecule has 4 heteroatoms. The molecule has 1 aromatic heterocycles. The minimum absolute atomic E-state index is 0.0967. The molecule has 1 rings (SSSR count). The SMILES string of the molecule is Cn1cc[n+](CCOCCO)c1. The van der Waals surface area contributed by atoms with Crippen LogP contribution in [0.25, 0.3) is 0 Å². The second kappa shape index (κ2) is 4.90. The lowest BCUT2D eigenvalue weighted by Crippen LogP contribution is -2.33. The number of aliphatic hydroxyl groups is 1. The Morgan fingerprint density at radius 2 is 2.33 bits per heavy atom. The molecule has 0 fully saturated rings. The molecule has 0 bridgehead atoms. The highest BCUT2D eigenvalue weighted by atomic mass is 16.5. The van der Waals surface area contributed by atoms with Gasteiger partial charge in [-0.05, 0) is 0 Å². The highest BCUT2D eigenvalue weighted by Crippen LogP contribution is 1.78. The zero-order valence-corrected chi connectivity index (χ0v) is 7.31. The highest BCUT2D eigenvalue weighted by molar-refractivity contribution is 4.61. The fourth-order valence-corrected chi connectivity index (χ4v) is 0.971. The van der Waals surface area contributed by atoms with Gasteiger partial charge in [0.1, 0.15) is 18.9 Å². The average Bonchev–Trinajstić information content (AvgIpc) is 2.45. The van der Waals surface area contributed by atoms with Gasteiger partial charge in [0.15, 0.2) is 0 Å². The standard InChI is InChI=1S/C8H15N2O2/c1-9-2-3-10(8-9)4-6-12-7-5-11/h2-3,8,11H,4-7H2,1H3/q+1. The van der Waals surface area contributed by atoms with Crippen LogP contribution in [-0.4, -0.2) is 29.5 Å². The molecule has 12 heavy (non-hydrogen) atoms. The number of hydrogen-bond donors (Lipinski definition) is 1. The third-order valence-corrected chi connectivity index (χ3v) is 1.55. The van der Waals surface area contributed by atoms with Crippen molar-refractivity contribution in [3.63, 3.8) is 0 Å². The van der Waals surface area contributed by atoms with Crippen molar-refractivity contribution in [2.75, 3.05) is 19.8 Å². The van der Waals surface area contributed by atoms with Crippen molar-refractivity contribution in [2.45, 2.75) is 6.54 Å². The molecule has 0 spiro atoms. The fraction of sp³-hybridized carbons (Fsp3) is 0.625. The Morgan fingerprint density at radius 3 is 2.92 bits per heavy atom. The fourth-order valence-electron chi connectivity index (χ4n) is 0.971. The van der Waals surface area contributed by atoms with E-state index in [1.165, 1.54) is 0 Å². The number of aryl methyl sites for hydroxylation is 1. The van der Waals surface area contributed by atoms with Gasteiger partial charge in [0.05, 0.1) is 26.9 Å². The summed E-state index contributed by atoms with van der Waals surface area (Å²) < 4.78 is 9.13. The van der Waals surface area contributed by atoms with Gasteiger partial charge in [-0.25, -0.2) is 9.13 Å². The van der Waals surface area contributed by atoms with Crippen LogP contribution in [0.2, 0.25) is 0 Å². The third kappa shape index (κ3) is 3.02. The van der Waals surface area contributed by atoms with Gasteiger partial charge in [0.2, 0.25) is 6.33 Å². The Hall–Kier alpha value is -0.870. The second-order valence-electron chi connectivity index (χ2n) is 2.65. The van der Waals surface area contributed by atoms with E-state index in [1.54, 1.807) is 0 Å². The smallest absolute Gasteiger partial charge is 0.243 e. The van der Waals surface area contributed by atoms with E-state index in [-0.39, 0.29) is 6.61 Å². The molecular formula is C8H15N2O2+. The van der Waals surface area contributed by atoms with Gasteiger partial charge in [-0.3, -0.25) is 0 Å². The minimum atomic E-state index is 0.0967. The molecule has 0 aliphatic rings. The maximum absolute atomic E-state index is 8.43. The number of hydrogen-bond acceptors (Lipinski definition) is 2. The molecule has 0 radical (unpaired) electrons. The van der Waals surface area contributed by atoms with E-state index in [9.17, 15) is 0 Å². The van der Waals surface area contributed by atoms with Crippen LogP contribution in [0.5, 0.6) is 0 Å². The normalized spacial score (nSPS) is 10.5. The quantitative estimate of drug-likeness (QED) is 0.471. The summed E-state index contributed by atoms with van der Waals surface area (Å²) in [6.45, 7) is 2.00. The molecule has 0 atom stereocenters. The average molecular weight is 171 g/mol. The van der Waals surface area contributed by atoms with Crippen LogP contribution in [-0.2, 0) is 18.3 Å². The summed E-state index contributed by atoms with van der Waals surface area (Å²) in [7, 11) is 1.98. The molecule has 1 aromatic rings. The van der Waals surface area contributed by atoms with E-state index in [0.29, 0.717) is 13.2 Å². The number of ether oxygens (including phenoxy) is 1. The molecule has 68 valence electrons. The van der Waals surface area contributed by atoms with Crippen molar-refractivity contribution in [3.05, 3.63) is 18.7 Å². The van der Waals surface area contributed by atoms with Crippen LogP contribution >= 0.6 is 0 Å². The van der Waals surface area contributed by atoms with Gasteiger partial charge in [0, 0.05) is 0 Å². The van der Waals surface area contributed by atoms with Crippen molar-refractivity contribution >= 4 is 0 Å².